The van der Waals surface area contributed by atoms with E-state index in [1.807, 2.05) is 0 Å². The second-order valence-electron chi connectivity index (χ2n) is 5.17. The van der Waals surface area contributed by atoms with Gasteiger partial charge in [0.1, 0.15) is 5.82 Å². The largest absolute Gasteiger partial charge is 0.272 e. The van der Waals surface area contributed by atoms with Crippen molar-refractivity contribution in [3.05, 3.63) is 86.6 Å². The van der Waals surface area contributed by atoms with E-state index in [0.29, 0.717) is 22.5 Å². The van der Waals surface area contributed by atoms with Gasteiger partial charge >= 0.3 is 0 Å². The average molecular weight is 325 g/mol. The molecule has 7 heteroatoms. The molecule has 0 saturated carbocycles. The van der Waals surface area contributed by atoms with E-state index in [1.54, 1.807) is 19.1 Å². The molecule has 0 fully saturated rings. The molecule has 0 saturated heterocycles. The van der Waals surface area contributed by atoms with Gasteiger partial charge in [-0.1, -0.05) is 0 Å². The van der Waals surface area contributed by atoms with Crippen LogP contribution in [0.3, 0.4) is 0 Å². The number of rotatable bonds is 3. The fourth-order valence-corrected chi connectivity index (χ4v) is 2.36. The van der Waals surface area contributed by atoms with Crippen LogP contribution in [0.5, 0.6) is 0 Å². The molecule has 0 spiro atoms. The molecule has 0 bridgehead atoms. The Morgan fingerprint density at radius 2 is 1.71 bits per heavy atom. The molecule has 1 aromatic heterocycles. The first-order chi connectivity index (χ1) is 11.5. The van der Waals surface area contributed by atoms with Crippen LogP contribution in [0.1, 0.15) is 5.69 Å². The Hall–Kier alpha value is -3.35. The predicted octanol–water partition coefficient (Wildman–Crippen LogP) is 3.26. The molecule has 3 aromatic rings. The van der Waals surface area contributed by atoms with Gasteiger partial charge in [0.05, 0.1) is 16.3 Å². The van der Waals surface area contributed by atoms with E-state index < -0.39 is 10.7 Å². The lowest BCUT2D eigenvalue weighted by Gasteiger charge is -2.09. The molecule has 0 aliphatic heterocycles. The number of non-ortho nitro benzene ring substituents is 1. The molecule has 120 valence electrons. The minimum Gasteiger partial charge on any atom is -0.267 e. The van der Waals surface area contributed by atoms with E-state index in [-0.39, 0.29) is 11.2 Å². The standard InChI is InChI=1S/C17H12FN3O3/c1-11-16(12-2-6-15(7-3-12)21(23)24)10-17(22)20(19-11)14-8-4-13(18)5-9-14/h2-10H,1H3. The van der Waals surface area contributed by atoms with Crippen LogP contribution in [-0.2, 0) is 0 Å². The first-order valence-corrected chi connectivity index (χ1v) is 7.07. The number of aromatic nitrogens is 2. The second-order valence-corrected chi connectivity index (χ2v) is 5.17. The van der Waals surface area contributed by atoms with Crippen LogP contribution in [0.4, 0.5) is 10.1 Å². The monoisotopic (exact) mass is 325 g/mol. The summed E-state index contributed by atoms with van der Waals surface area (Å²) >= 11 is 0. The molecular formula is C17H12FN3O3. The van der Waals surface area contributed by atoms with Crippen molar-refractivity contribution in [3.63, 3.8) is 0 Å². The Balaban J connectivity index is 2.05. The molecule has 0 N–H and O–H groups in total. The summed E-state index contributed by atoms with van der Waals surface area (Å²) in [6.45, 7) is 1.73. The summed E-state index contributed by atoms with van der Waals surface area (Å²) in [4.78, 5) is 22.5. The molecule has 24 heavy (non-hydrogen) atoms. The first kappa shape index (κ1) is 15.5. The lowest BCUT2D eigenvalue weighted by molar-refractivity contribution is -0.384. The highest BCUT2D eigenvalue weighted by Crippen LogP contribution is 2.23. The molecule has 0 unspecified atom stereocenters. The summed E-state index contributed by atoms with van der Waals surface area (Å²) in [5.74, 6) is -0.397. The molecule has 0 atom stereocenters. The van der Waals surface area contributed by atoms with Gasteiger partial charge in [-0.2, -0.15) is 9.78 Å². The summed E-state index contributed by atoms with van der Waals surface area (Å²) in [7, 11) is 0. The highest BCUT2D eigenvalue weighted by Gasteiger charge is 2.11. The maximum absolute atomic E-state index is 13.0. The van der Waals surface area contributed by atoms with Gasteiger partial charge in [-0.05, 0) is 48.9 Å². The van der Waals surface area contributed by atoms with Crippen LogP contribution in [0, 0.1) is 22.9 Å². The Labute approximate surface area is 136 Å². The molecule has 0 amide bonds. The lowest BCUT2D eigenvalue weighted by atomic mass is 10.0. The molecule has 0 radical (unpaired) electrons. The number of nitro benzene ring substituents is 1. The van der Waals surface area contributed by atoms with Gasteiger partial charge in [-0.25, -0.2) is 4.39 Å². The third kappa shape index (κ3) is 2.91. The first-order valence-electron chi connectivity index (χ1n) is 7.07. The number of aryl methyl sites for hydroxylation is 1. The van der Waals surface area contributed by atoms with E-state index in [0.717, 1.165) is 0 Å². The predicted molar refractivity (Wildman–Crippen MR) is 86.6 cm³/mol. The number of nitro groups is 1. The van der Waals surface area contributed by atoms with E-state index >= 15 is 0 Å². The average Bonchev–Trinajstić information content (AvgIpc) is 2.57. The minimum absolute atomic E-state index is 0.0241. The van der Waals surface area contributed by atoms with Crippen LogP contribution < -0.4 is 5.56 Å². The SMILES string of the molecule is Cc1nn(-c2ccc(F)cc2)c(=O)cc1-c1ccc([N+](=O)[O-])cc1. The van der Waals surface area contributed by atoms with Gasteiger partial charge in [0.2, 0.25) is 0 Å². The van der Waals surface area contributed by atoms with Crippen molar-refractivity contribution >= 4 is 5.69 Å². The third-order valence-corrected chi connectivity index (χ3v) is 3.58. The number of hydrogen-bond donors (Lipinski definition) is 0. The molecular weight excluding hydrogens is 313 g/mol. The van der Waals surface area contributed by atoms with Crippen molar-refractivity contribution in [1.82, 2.24) is 9.78 Å². The smallest absolute Gasteiger partial charge is 0.267 e. The highest BCUT2D eigenvalue weighted by molar-refractivity contribution is 5.66. The van der Waals surface area contributed by atoms with Crippen LogP contribution in [0.15, 0.2) is 59.4 Å². The number of halogens is 1. The fraction of sp³-hybridized carbons (Fsp3) is 0.0588. The van der Waals surface area contributed by atoms with E-state index in [4.69, 9.17) is 0 Å². The quantitative estimate of drug-likeness (QED) is 0.547. The fourth-order valence-electron chi connectivity index (χ4n) is 2.36. The molecule has 0 aliphatic rings. The number of nitrogens with zero attached hydrogens (tertiary/aromatic N) is 3. The topological polar surface area (TPSA) is 78.0 Å². The zero-order valence-corrected chi connectivity index (χ0v) is 12.6. The van der Waals surface area contributed by atoms with E-state index in [2.05, 4.69) is 5.10 Å². The molecule has 2 aromatic carbocycles. The maximum atomic E-state index is 13.0. The van der Waals surface area contributed by atoms with Crippen molar-refractivity contribution in [2.75, 3.05) is 0 Å². The van der Waals surface area contributed by atoms with Crippen molar-refractivity contribution in [2.24, 2.45) is 0 Å². The van der Waals surface area contributed by atoms with Gasteiger partial charge in [0.25, 0.3) is 11.2 Å². The summed E-state index contributed by atoms with van der Waals surface area (Å²) in [6.07, 6.45) is 0. The normalized spacial score (nSPS) is 10.6. The van der Waals surface area contributed by atoms with Gasteiger partial charge in [0.15, 0.2) is 0 Å². The van der Waals surface area contributed by atoms with Crippen LogP contribution >= 0.6 is 0 Å². The lowest BCUT2D eigenvalue weighted by Crippen LogP contribution is -2.21. The molecule has 1 heterocycles. The minimum atomic E-state index is -0.485. The van der Waals surface area contributed by atoms with Gasteiger partial charge in [-0.15, -0.1) is 0 Å². The zero-order valence-electron chi connectivity index (χ0n) is 12.6. The second kappa shape index (κ2) is 6.04. The van der Waals surface area contributed by atoms with E-state index in [9.17, 15) is 19.3 Å². The van der Waals surface area contributed by atoms with Crippen molar-refractivity contribution in [1.29, 1.82) is 0 Å². The molecule has 6 nitrogen and oxygen atoms in total. The Morgan fingerprint density at radius 3 is 2.29 bits per heavy atom. The summed E-state index contributed by atoms with van der Waals surface area (Å²) in [5, 5.41) is 15.0. The third-order valence-electron chi connectivity index (χ3n) is 3.58. The van der Waals surface area contributed by atoms with Crippen molar-refractivity contribution in [3.8, 4) is 16.8 Å². The highest BCUT2D eigenvalue weighted by atomic mass is 19.1. The summed E-state index contributed by atoms with van der Waals surface area (Å²) in [5.41, 5.74) is 1.89. The van der Waals surface area contributed by atoms with Gasteiger partial charge in [0, 0.05) is 23.8 Å². The molecule has 3 rings (SSSR count). The Kier molecular flexibility index (Phi) is 3.91. The zero-order chi connectivity index (χ0) is 17.3. The van der Waals surface area contributed by atoms with Gasteiger partial charge in [-0.3, -0.25) is 14.9 Å². The van der Waals surface area contributed by atoms with Crippen LogP contribution in [-0.4, -0.2) is 14.7 Å². The van der Waals surface area contributed by atoms with Crippen molar-refractivity contribution < 1.29 is 9.31 Å². The Bertz CT molecular complexity index is 964. The maximum Gasteiger partial charge on any atom is 0.272 e. The van der Waals surface area contributed by atoms with Crippen molar-refractivity contribution in [2.45, 2.75) is 6.92 Å². The summed E-state index contributed by atoms with van der Waals surface area (Å²) < 4.78 is 14.2. The Morgan fingerprint density at radius 1 is 1.08 bits per heavy atom. The van der Waals surface area contributed by atoms with E-state index in [1.165, 1.54) is 47.1 Å². The van der Waals surface area contributed by atoms with Crippen LogP contribution in [0.2, 0.25) is 0 Å². The number of benzene rings is 2. The number of hydrogen-bond acceptors (Lipinski definition) is 4. The van der Waals surface area contributed by atoms with Gasteiger partial charge < -0.3 is 0 Å². The summed E-state index contributed by atoms with van der Waals surface area (Å²) in [6, 6.07) is 12.7. The van der Waals surface area contributed by atoms with Crippen LogP contribution in [0.25, 0.3) is 16.8 Å². The molecule has 0 aliphatic carbocycles.